The molecule has 2 heterocycles. The predicted octanol–water partition coefficient (Wildman–Crippen LogP) is 2.66. The van der Waals surface area contributed by atoms with E-state index < -0.39 is 11.6 Å². The van der Waals surface area contributed by atoms with E-state index in [0.29, 0.717) is 23.3 Å². The minimum absolute atomic E-state index is 0.177. The molecule has 5 heteroatoms. The van der Waals surface area contributed by atoms with Crippen molar-refractivity contribution >= 4 is 16.9 Å². The van der Waals surface area contributed by atoms with Crippen LogP contribution in [-0.4, -0.2) is 18.7 Å². The third kappa shape index (κ3) is 2.62. The number of fused-ring (bicyclic) bond motifs is 1. The zero-order valence-corrected chi connectivity index (χ0v) is 12.5. The van der Waals surface area contributed by atoms with Crippen molar-refractivity contribution in [3.63, 3.8) is 0 Å². The first-order valence-electron chi connectivity index (χ1n) is 7.00. The first kappa shape index (κ1) is 14.4. The maximum Gasteiger partial charge on any atom is 0.339 e. The molecule has 0 aliphatic carbocycles. The molecule has 0 spiro atoms. The van der Waals surface area contributed by atoms with Gasteiger partial charge in [-0.3, -0.25) is 0 Å². The van der Waals surface area contributed by atoms with Crippen LogP contribution >= 0.6 is 0 Å². The van der Waals surface area contributed by atoms with Crippen molar-refractivity contribution in [2.75, 3.05) is 6.61 Å². The molecule has 1 saturated heterocycles. The van der Waals surface area contributed by atoms with Gasteiger partial charge in [0.1, 0.15) is 24.0 Å². The normalized spacial score (nSPS) is 17.8. The molecule has 2 aromatic rings. The number of rotatable bonds is 3. The quantitative estimate of drug-likeness (QED) is 0.495. The highest BCUT2D eigenvalue weighted by molar-refractivity contribution is 5.90. The molecule has 3 rings (SSSR count). The zero-order valence-electron chi connectivity index (χ0n) is 12.5. The van der Waals surface area contributed by atoms with Crippen LogP contribution in [0.15, 0.2) is 39.6 Å². The average molecular weight is 300 g/mol. The van der Waals surface area contributed by atoms with Crippen molar-refractivity contribution in [2.24, 2.45) is 0 Å². The SMILES string of the molecule is C=C1CC(COc2cc(=O)oc3cc(C)c(C)cc23)OC1=O. The highest BCUT2D eigenvalue weighted by Crippen LogP contribution is 2.28. The first-order chi connectivity index (χ1) is 10.4. The van der Waals surface area contributed by atoms with Gasteiger partial charge in [-0.2, -0.15) is 0 Å². The molecule has 114 valence electrons. The van der Waals surface area contributed by atoms with Gasteiger partial charge in [0, 0.05) is 12.0 Å². The summed E-state index contributed by atoms with van der Waals surface area (Å²) in [7, 11) is 0. The first-order valence-corrected chi connectivity index (χ1v) is 7.00. The number of hydrogen-bond acceptors (Lipinski definition) is 5. The lowest BCUT2D eigenvalue weighted by Crippen LogP contribution is -2.18. The van der Waals surface area contributed by atoms with Gasteiger partial charge in [0.25, 0.3) is 0 Å². The van der Waals surface area contributed by atoms with E-state index in [0.717, 1.165) is 16.5 Å². The van der Waals surface area contributed by atoms with Crippen molar-refractivity contribution in [2.45, 2.75) is 26.4 Å². The van der Waals surface area contributed by atoms with Gasteiger partial charge in [0.15, 0.2) is 0 Å². The number of aryl methyl sites for hydroxylation is 2. The molecule has 1 atom stereocenters. The molecule has 1 aromatic carbocycles. The number of carbonyl (C=O) groups is 1. The van der Waals surface area contributed by atoms with E-state index in [-0.39, 0.29) is 12.7 Å². The molecule has 1 fully saturated rings. The van der Waals surface area contributed by atoms with E-state index in [1.807, 2.05) is 26.0 Å². The Hall–Kier alpha value is -2.56. The molecule has 0 bridgehead atoms. The van der Waals surface area contributed by atoms with Crippen LogP contribution in [0.25, 0.3) is 11.0 Å². The fourth-order valence-electron chi connectivity index (χ4n) is 2.42. The summed E-state index contributed by atoms with van der Waals surface area (Å²) in [5, 5.41) is 0.728. The van der Waals surface area contributed by atoms with Gasteiger partial charge in [-0.1, -0.05) is 6.58 Å². The van der Waals surface area contributed by atoms with Crippen molar-refractivity contribution in [3.8, 4) is 5.75 Å². The monoisotopic (exact) mass is 300 g/mol. The summed E-state index contributed by atoms with van der Waals surface area (Å²) in [6.45, 7) is 7.74. The van der Waals surface area contributed by atoms with Crippen LogP contribution in [0.5, 0.6) is 5.75 Å². The molecule has 1 aliphatic rings. The van der Waals surface area contributed by atoms with Gasteiger partial charge >= 0.3 is 11.6 Å². The van der Waals surface area contributed by atoms with Crippen LogP contribution in [0.1, 0.15) is 17.5 Å². The Morgan fingerprint density at radius 1 is 1.23 bits per heavy atom. The zero-order chi connectivity index (χ0) is 15.9. The molecule has 1 aromatic heterocycles. The Morgan fingerprint density at radius 2 is 1.95 bits per heavy atom. The molecule has 1 unspecified atom stereocenters. The second kappa shape index (κ2) is 5.33. The summed E-state index contributed by atoms with van der Waals surface area (Å²) < 4.78 is 16.0. The Balaban J connectivity index is 1.90. The lowest BCUT2D eigenvalue weighted by atomic mass is 10.1. The molecular weight excluding hydrogens is 284 g/mol. The molecule has 0 amide bonds. The van der Waals surface area contributed by atoms with E-state index in [1.54, 1.807) is 0 Å². The van der Waals surface area contributed by atoms with Crippen LogP contribution in [0, 0.1) is 13.8 Å². The van der Waals surface area contributed by atoms with Gasteiger partial charge in [-0.25, -0.2) is 9.59 Å². The number of benzene rings is 1. The summed E-state index contributed by atoms with van der Waals surface area (Å²) in [4.78, 5) is 23.0. The lowest BCUT2D eigenvalue weighted by molar-refractivity contribution is -0.139. The molecule has 0 saturated carbocycles. The van der Waals surface area contributed by atoms with Gasteiger partial charge in [-0.15, -0.1) is 0 Å². The average Bonchev–Trinajstić information content (AvgIpc) is 2.77. The molecule has 5 nitrogen and oxygen atoms in total. The Labute approximate surface area is 127 Å². The largest absolute Gasteiger partial charge is 0.489 e. The summed E-state index contributed by atoms with van der Waals surface area (Å²) in [6.07, 6.45) is 0.0740. The minimum atomic E-state index is -0.474. The van der Waals surface area contributed by atoms with Crippen LogP contribution in [0.3, 0.4) is 0 Å². The van der Waals surface area contributed by atoms with Crippen molar-refractivity contribution in [1.29, 1.82) is 0 Å². The van der Waals surface area contributed by atoms with Crippen molar-refractivity contribution in [1.82, 2.24) is 0 Å². The third-order valence-corrected chi connectivity index (χ3v) is 3.78. The predicted molar refractivity (Wildman–Crippen MR) is 81.1 cm³/mol. The molecular formula is C17H16O5. The second-order valence-corrected chi connectivity index (χ2v) is 5.51. The van der Waals surface area contributed by atoms with Crippen LogP contribution in [0.2, 0.25) is 0 Å². The maximum absolute atomic E-state index is 11.7. The van der Waals surface area contributed by atoms with Gasteiger partial charge in [0.05, 0.1) is 11.5 Å². The van der Waals surface area contributed by atoms with E-state index in [4.69, 9.17) is 13.9 Å². The number of esters is 1. The highest BCUT2D eigenvalue weighted by Gasteiger charge is 2.28. The molecule has 0 radical (unpaired) electrons. The van der Waals surface area contributed by atoms with Crippen LogP contribution in [-0.2, 0) is 9.53 Å². The Kier molecular flexibility index (Phi) is 3.48. The maximum atomic E-state index is 11.7. The summed E-state index contributed by atoms with van der Waals surface area (Å²) >= 11 is 0. The van der Waals surface area contributed by atoms with E-state index in [2.05, 4.69) is 6.58 Å². The second-order valence-electron chi connectivity index (χ2n) is 5.51. The lowest BCUT2D eigenvalue weighted by Gasteiger charge is -2.13. The van der Waals surface area contributed by atoms with Crippen molar-refractivity contribution in [3.05, 3.63) is 51.9 Å². The fourth-order valence-corrected chi connectivity index (χ4v) is 2.42. The van der Waals surface area contributed by atoms with Gasteiger partial charge in [0.2, 0.25) is 0 Å². The Bertz CT molecular complexity index is 815. The van der Waals surface area contributed by atoms with E-state index in [9.17, 15) is 9.59 Å². The minimum Gasteiger partial charge on any atom is -0.489 e. The number of ether oxygens (including phenoxy) is 2. The number of cyclic esters (lactones) is 1. The van der Waals surface area contributed by atoms with Crippen LogP contribution in [0.4, 0.5) is 0 Å². The smallest absolute Gasteiger partial charge is 0.339 e. The summed E-state index contributed by atoms with van der Waals surface area (Å²) in [5.41, 5.74) is 2.57. The van der Waals surface area contributed by atoms with Crippen LogP contribution < -0.4 is 10.4 Å². The molecule has 0 N–H and O–H groups in total. The van der Waals surface area contributed by atoms with Crippen molar-refractivity contribution < 1.29 is 18.7 Å². The fraction of sp³-hybridized carbons (Fsp3) is 0.294. The third-order valence-electron chi connectivity index (χ3n) is 3.78. The van der Waals surface area contributed by atoms with Gasteiger partial charge in [-0.05, 0) is 37.1 Å². The highest BCUT2D eigenvalue weighted by atomic mass is 16.6. The Morgan fingerprint density at radius 3 is 2.64 bits per heavy atom. The standard InChI is InChI=1S/C17H16O5/c1-9-5-13-14(7-16(18)22-15(13)6-10(9)2)20-8-12-4-11(3)17(19)21-12/h5-7,12H,3-4,8H2,1-2H3. The van der Waals surface area contributed by atoms with Gasteiger partial charge < -0.3 is 13.9 Å². The summed E-state index contributed by atoms with van der Waals surface area (Å²) in [6, 6.07) is 5.04. The topological polar surface area (TPSA) is 65.7 Å². The molecule has 1 aliphatic heterocycles. The number of hydrogen-bond donors (Lipinski definition) is 0. The van der Waals surface area contributed by atoms with E-state index in [1.165, 1.54) is 6.07 Å². The van der Waals surface area contributed by atoms with E-state index >= 15 is 0 Å². The number of carbonyl (C=O) groups excluding carboxylic acids is 1. The molecule has 22 heavy (non-hydrogen) atoms. The summed E-state index contributed by atoms with van der Waals surface area (Å²) in [5.74, 6) is 0.0421.